The molecular weight excluding hydrogens is 153 g/mol. The van der Waals surface area contributed by atoms with Crippen molar-refractivity contribution < 1.29 is 4.39 Å². The molecule has 2 heteroatoms. The number of aromatic nitrogens is 1. The highest BCUT2D eigenvalue weighted by Crippen LogP contribution is 2.19. The fourth-order valence-corrected chi connectivity index (χ4v) is 1.33. The van der Waals surface area contributed by atoms with Gasteiger partial charge in [-0.05, 0) is 18.4 Å². The highest BCUT2D eigenvalue weighted by molar-refractivity contribution is 5.24. The van der Waals surface area contributed by atoms with Crippen molar-refractivity contribution in [3.8, 4) is 0 Å². The number of rotatable bonds is 2. The molecule has 66 valence electrons. The minimum Gasteiger partial charge on any atom is -0.261 e. The van der Waals surface area contributed by atoms with Crippen LogP contribution < -0.4 is 0 Å². The van der Waals surface area contributed by atoms with Gasteiger partial charge in [-0.25, -0.2) is 4.39 Å². The number of nitrogens with zero attached hydrogens (tertiary/aromatic N) is 1. The fraction of sp³-hybridized carbons (Fsp3) is 0.500. The quantitative estimate of drug-likeness (QED) is 0.660. The van der Waals surface area contributed by atoms with Crippen LogP contribution in [0.2, 0.25) is 0 Å². The van der Waals surface area contributed by atoms with Crippen molar-refractivity contribution in [1.29, 1.82) is 0 Å². The Hall–Kier alpha value is -0.920. The second-order valence-corrected chi connectivity index (χ2v) is 3.16. The van der Waals surface area contributed by atoms with E-state index in [1.54, 1.807) is 0 Å². The van der Waals surface area contributed by atoms with Crippen molar-refractivity contribution in [3.63, 3.8) is 0 Å². The highest BCUT2D eigenvalue weighted by atomic mass is 19.1. The summed E-state index contributed by atoms with van der Waals surface area (Å²) in [6.07, 6.45) is 2.25. The zero-order valence-electron chi connectivity index (χ0n) is 7.76. The molecule has 0 atom stereocenters. The van der Waals surface area contributed by atoms with Crippen LogP contribution in [0.4, 0.5) is 4.39 Å². The molecule has 1 aromatic rings. The minimum atomic E-state index is -0.129. The Morgan fingerprint density at radius 2 is 2.17 bits per heavy atom. The van der Waals surface area contributed by atoms with E-state index in [1.807, 2.05) is 20.8 Å². The Morgan fingerprint density at radius 3 is 2.58 bits per heavy atom. The van der Waals surface area contributed by atoms with Gasteiger partial charge in [0.15, 0.2) is 0 Å². The van der Waals surface area contributed by atoms with E-state index in [1.165, 1.54) is 12.3 Å². The Bertz CT molecular complexity index is 269. The zero-order valence-corrected chi connectivity index (χ0v) is 7.76. The average Bonchev–Trinajstić information content (AvgIpc) is 2.03. The van der Waals surface area contributed by atoms with Crippen LogP contribution in [0, 0.1) is 5.82 Å². The van der Waals surface area contributed by atoms with Gasteiger partial charge >= 0.3 is 0 Å². The van der Waals surface area contributed by atoms with Gasteiger partial charge in [0.1, 0.15) is 5.82 Å². The summed E-state index contributed by atoms with van der Waals surface area (Å²) in [7, 11) is 0. The summed E-state index contributed by atoms with van der Waals surface area (Å²) in [5, 5.41) is 0. The molecule has 0 spiro atoms. The van der Waals surface area contributed by atoms with E-state index < -0.39 is 0 Å². The lowest BCUT2D eigenvalue weighted by Crippen LogP contribution is -2.01. The maximum Gasteiger partial charge on any atom is 0.129 e. The summed E-state index contributed by atoms with van der Waals surface area (Å²) < 4.78 is 13.2. The fourth-order valence-electron chi connectivity index (χ4n) is 1.33. The van der Waals surface area contributed by atoms with Gasteiger partial charge in [-0.3, -0.25) is 4.98 Å². The molecule has 0 radical (unpaired) electrons. The van der Waals surface area contributed by atoms with Crippen LogP contribution in [0.1, 0.15) is 37.9 Å². The molecule has 0 unspecified atom stereocenters. The summed E-state index contributed by atoms with van der Waals surface area (Å²) in [5.41, 5.74) is 1.64. The summed E-state index contributed by atoms with van der Waals surface area (Å²) in [6, 6.07) is 1.42. The van der Waals surface area contributed by atoms with Gasteiger partial charge in [-0.2, -0.15) is 0 Å². The lowest BCUT2D eigenvalue weighted by atomic mass is 10.0. The van der Waals surface area contributed by atoms with Gasteiger partial charge in [0, 0.05) is 17.5 Å². The lowest BCUT2D eigenvalue weighted by Gasteiger charge is -2.09. The molecule has 1 heterocycles. The van der Waals surface area contributed by atoms with E-state index in [-0.39, 0.29) is 5.82 Å². The van der Waals surface area contributed by atoms with E-state index in [4.69, 9.17) is 0 Å². The summed E-state index contributed by atoms with van der Waals surface area (Å²) >= 11 is 0. The number of hydrogen-bond donors (Lipinski definition) is 0. The predicted octanol–water partition coefficient (Wildman–Crippen LogP) is 2.91. The van der Waals surface area contributed by atoms with E-state index in [0.29, 0.717) is 12.3 Å². The first-order valence-electron chi connectivity index (χ1n) is 4.30. The second kappa shape index (κ2) is 3.65. The van der Waals surface area contributed by atoms with Crippen molar-refractivity contribution in [2.24, 2.45) is 0 Å². The molecule has 0 N–H and O–H groups in total. The molecule has 0 amide bonds. The number of halogens is 1. The van der Waals surface area contributed by atoms with E-state index in [2.05, 4.69) is 4.98 Å². The van der Waals surface area contributed by atoms with Gasteiger partial charge in [0.25, 0.3) is 0 Å². The van der Waals surface area contributed by atoms with Crippen molar-refractivity contribution in [2.45, 2.75) is 33.1 Å². The highest BCUT2D eigenvalue weighted by Gasteiger charge is 2.10. The molecule has 0 saturated heterocycles. The standard InChI is InChI=1S/C10H14FN/c1-4-8-9(11)5-6-12-10(8)7(2)3/h5-7H,4H2,1-3H3. The monoisotopic (exact) mass is 167 g/mol. The van der Waals surface area contributed by atoms with Crippen molar-refractivity contribution in [1.82, 2.24) is 4.98 Å². The van der Waals surface area contributed by atoms with Crippen molar-refractivity contribution >= 4 is 0 Å². The van der Waals surface area contributed by atoms with Crippen LogP contribution in [-0.4, -0.2) is 4.98 Å². The van der Waals surface area contributed by atoms with Crippen LogP contribution in [0.5, 0.6) is 0 Å². The van der Waals surface area contributed by atoms with Gasteiger partial charge in [-0.1, -0.05) is 20.8 Å². The maximum atomic E-state index is 13.2. The Balaban J connectivity index is 3.18. The van der Waals surface area contributed by atoms with Gasteiger partial charge in [-0.15, -0.1) is 0 Å². The first-order chi connectivity index (χ1) is 5.66. The zero-order chi connectivity index (χ0) is 9.14. The third-order valence-electron chi connectivity index (χ3n) is 1.93. The third-order valence-corrected chi connectivity index (χ3v) is 1.93. The molecule has 1 nitrogen and oxygen atoms in total. The van der Waals surface area contributed by atoms with Crippen molar-refractivity contribution in [3.05, 3.63) is 29.3 Å². The minimum absolute atomic E-state index is 0.129. The van der Waals surface area contributed by atoms with Crippen LogP contribution in [0.3, 0.4) is 0 Å². The smallest absolute Gasteiger partial charge is 0.129 e. The molecule has 0 aromatic carbocycles. The molecule has 0 aliphatic heterocycles. The van der Waals surface area contributed by atoms with E-state index in [9.17, 15) is 4.39 Å². The predicted molar refractivity (Wildman–Crippen MR) is 47.7 cm³/mol. The normalized spacial score (nSPS) is 10.8. The largest absolute Gasteiger partial charge is 0.261 e. The molecule has 0 aliphatic carbocycles. The number of pyridine rings is 1. The molecule has 1 aromatic heterocycles. The van der Waals surface area contributed by atoms with E-state index >= 15 is 0 Å². The SMILES string of the molecule is CCc1c(F)ccnc1C(C)C. The second-order valence-electron chi connectivity index (χ2n) is 3.16. The third kappa shape index (κ3) is 1.63. The Labute approximate surface area is 72.6 Å². The van der Waals surface area contributed by atoms with Crippen LogP contribution in [0.15, 0.2) is 12.3 Å². The maximum absolute atomic E-state index is 13.2. The first kappa shape index (κ1) is 9.17. The van der Waals surface area contributed by atoms with E-state index in [0.717, 1.165) is 11.3 Å². The molecule has 0 saturated carbocycles. The molecule has 12 heavy (non-hydrogen) atoms. The van der Waals surface area contributed by atoms with Crippen molar-refractivity contribution in [2.75, 3.05) is 0 Å². The first-order valence-corrected chi connectivity index (χ1v) is 4.30. The molecule has 0 bridgehead atoms. The Kier molecular flexibility index (Phi) is 2.79. The van der Waals surface area contributed by atoms with Crippen LogP contribution in [-0.2, 0) is 6.42 Å². The molecular formula is C10H14FN. The molecule has 1 rings (SSSR count). The number of hydrogen-bond acceptors (Lipinski definition) is 1. The van der Waals surface area contributed by atoms with Gasteiger partial charge < -0.3 is 0 Å². The van der Waals surface area contributed by atoms with Gasteiger partial charge in [0.05, 0.1) is 0 Å². The molecule has 0 aliphatic rings. The Morgan fingerprint density at radius 1 is 1.50 bits per heavy atom. The van der Waals surface area contributed by atoms with Crippen LogP contribution in [0.25, 0.3) is 0 Å². The summed E-state index contributed by atoms with van der Waals surface area (Å²) in [6.45, 7) is 6.01. The lowest BCUT2D eigenvalue weighted by molar-refractivity contribution is 0.599. The summed E-state index contributed by atoms with van der Waals surface area (Å²) in [5.74, 6) is 0.173. The van der Waals surface area contributed by atoms with Gasteiger partial charge in [0.2, 0.25) is 0 Å². The molecule has 0 fully saturated rings. The average molecular weight is 167 g/mol. The summed E-state index contributed by atoms with van der Waals surface area (Å²) in [4.78, 5) is 4.17. The topological polar surface area (TPSA) is 12.9 Å². The van der Waals surface area contributed by atoms with Crippen LogP contribution >= 0.6 is 0 Å².